The van der Waals surface area contributed by atoms with Gasteiger partial charge in [0.25, 0.3) is 0 Å². The number of nitrogens with zero attached hydrogens (tertiary/aromatic N) is 2. The van der Waals surface area contributed by atoms with Crippen LogP contribution in [0.1, 0.15) is 11.1 Å². The van der Waals surface area contributed by atoms with Crippen molar-refractivity contribution in [2.75, 3.05) is 11.9 Å². The second-order valence-electron chi connectivity index (χ2n) is 4.60. The molecule has 0 bridgehead atoms. The maximum atomic E-state index is 13.7. The molecule has 21 heavy (non-hydrogen) atoms. The molecule has 110 valence electrons. The molecule has 0 saturated carbocycles. The summed E-state index contributed by atoms with van der Waals surface area (Å²) in [6.07, 6.45) is 0. The van der Waals surface area contributed by atoms with E-state index in [-0.39, 0.29) is 11.7 Å². The van der Waals surface area contributed by atoms with Gasteiger partial charge in [-0.15, -0.1) is 0 Å². The molecule has 0 saturated heterocycles. The summed E-state index contributed by atoms with van der Waals surface area (Å²) in [7, 11) is 1.82. The molecule has 0 fully saturated rings. The number of nitrogens with two attached hydrogens (primary N) is 1. The second kappa shape index (κ2) is 6.45. The van der Waals surface area contributed by atoms with Crippen LogP contribution in [-0.2, 0) is 6.54 Å². The Morgan fingerprint density at radius 1 is 1.33 bits per heavy atom. The van der Waals surface area contributed by atoms with Gasteiger partial charge in [0.05, 0.1) is 10.7 Å². The monoisotopic (exact) mass is 307 g/mol. The van der Waals surface area contributed by atoms with Crippen molar-refractivity contribution >= 4 is 23.1 Å². The van der Waals surface area contributed by atoms with Crippen LogP contribution in [0.5, 0.6) is 0 Å². The molecule has 0 aliphatic rings. The van der Waals surface area contributed by atoms with Gasteiger partial charge < -0.3 is 15.8 Å². The summed E-state index contributed by atoms with van der Waals surface area (Å²) >= 11 is 6.20. The third-order valence-corrected chi connectivity index (χ3v) is 3.43. The highest BCUT2D eigenvalue weighted by atomic mass is 35.5. The lowest BCUT2D eigenvalue weighted by atomic mass is 10.1. The summed E-state index contributed by atoms with van der Waals surface area (Å²) in [5.41, 5.74) is 7.34. The van der Waals surface area contributed by atoms with Crippen molar-refractivity contribution < 1.29 is 9.60 Å². The van der Waals surface area contributed by atoms with Crippen LogP contribution in [0.25, 0.3) is 0 Å². The van der Waals surface area contributed by atoms with E-state index in [1.807, 2.05) is 11.9 Å². The Morgan fingerprint density at radius 3 is 2.67 bits per heavy atom. The van der Waals surface area contributed by atoms with E-state index in [0.717, 1.165) is 5.69 Å². The van der Waals surface area contributed by atoms with Crippen molar-refractivity contribution in [3.63, 3.8) is 0 Å². The van der Waals surface area contributed by atoms with Gasteiger partial charge in [-0.1, -0.05) is 35.0 Å². The van der Waals surface area contributed by atoms with Crippen molar-refractivity contribution in [3.05, 3.63) is 64.4 Å². The van der Waals surface area contributed by atoms with Gasteiger partial charge in [-0.2, -0.15) is 0 Å². The molecule has 0 aromatic heterocycles. The van der Waals surface area contributed by atoms with E-state index >= 15 is 0 Å². The van der Waals surface area contributed by atoms with Crippen LogP contribution >= 0.6 is 11.6 Å². The first kappa shape index (κ1) is 15.1. The van der Waals surface area contributed by atoms with E-state index in [9.17, 15) is 4.39 Å². The number of hydrogen-bond acceptors (Lipinski definition) is 3. The lowest BCUT2D eigenvalue weighted by molar-refractivity contribution is 0.318. The minimum absolute atomic E-state index is 0.0137. The predicted octanol–water partition coefficient (Wildman–Crippen LogP) is 3.21. The maximum absolute atomic E-state index is 13.7. The molecule has 2 aromatic carbocycles. The molecule has 6 heteroatoms. The molecule has 0 aliphatic heterocycles. The van der Waals surface area contributed by atoms with Crippen molar-refractivity contribution in [1.29, 1.82) is 0 Å². The quantitative estimate of drug-likeness (QED) is 0.394. The summed E-state index contributed by atoms with van der Waals surface area (Å²) in [6.45, 7) is 0.384. The van der Waals surface area contributed by atoms with Gasteiger partial charge in [-0.05, 0) is 24.3 Å². The Kier molecular flexibility index (Phi) is 4.65. The van der Waals surface area contributed by atoms with E-state index in [1.165, 1.54) is 6.07 Å². The van der Waals surface area contributed by atoms with Gasteiger partial charge in [0.1, 0.15) is 5.82 Å². The minimum atomic E-state index is -0.256. The molecule has 0 atom stereocenters. The fourth-order valence-electron chi connectivity index (χ4n) is 2.00. The summed E-state index contributed by atoms with van der Waals surface area (Å²) in [5.74, 6) is -0.269. The number of amidine groups is 1. The highest BCUT2D eigenvalue weighted by molar-refractivity contribution is 6.33. The topological polar surface area (TPSA) is 61.8 Å². The van der Waals surface area contributed by atoms with Crippen molar-refractivity contribution in [2.24, 2.45) is 10.9 Å². The zero-order chi connectivity index (χ0) is 15.4. The molecule has 0 radical (unpaired) electrons. The number of hydrogen-bond donors (Lipinski definition) is 2. The van der Waals surface area contributed by atoms with Crippen LogP contribution in [-0.4, -0.2) is 18.1 Å². The molecule has 0 unspecified atom stereocenters. The molecule has 0 amide bonds. The van der Waals surface area contributed by atoms with E-state index < -0.39 is 0 Å². The van der Waals surface area contributed by atoms with Crippen LogP contribution < -0.4 is 10.6 Å². The van der Waals surface area contributed by atoms with Gasteiger partial charge in [0, 0.05) is 24.7 Å². The van der Waals surface area contributed by atoms with Gasteiger partial charge >= 0.3 is 0 Å². The third kappa shape index (κ3) is 3.44. The van der Waals surface area contributed by atoms with Crippen molar-refractivity contribution in [3.8, 4) is 0 Å². The second-order valence-corrected chi connectivity index (χ2v) is 5.01. The first-order chi connectivity index (χ1) is 10.0. The minimum Gasteiger partial charge on any atom is -0.409 e. The Balaban J connectivity index is 2.24. The Labute approximate surface area is 127 Å². The fourth-order valence-corrected chi connectivity index (χ4v) is 2.33. The van der Waals surface area contributed by atoms with Crippen LogP contribution in [0, 0.1) is 5.82 Å². The zero-order valence-electron chi connectivity index (χ0n) is 11.4. The number of rotatable bonds is 4. The predicted molar refractivity (Wildman–Crippen MR) is 82.5 cm³/mol. The van der Waals surface area contributed by atoms with Crippen LogP contribution in [0.15, 0.2) is 47.6 Å². The standard InChI is InChI=1S/C15H15ClFN3O/c1-20(9-11-4-2-3-5-13(11)17)14-7-6-10(8-12(14)16)15(18)19-21/h2-8,21H,9H2,1H3,(H2,18,19). The first-order valence-corrected chi connectivity index (χ1v) is 6.62. The number of halogens is 2. The average molecular weight is 308 g/mol. The van der Waals surface area contributed by atoms with Crippen LogP contribution in [0.2, 0.25) is 5.02 Å². The highest BCUT2D eigenvalue weighted by Crippen LogP contribution is 2.27. The molecule has 2 rings (SSSR count). The summed E-state index contributed by atoms with van der Waals surface area (Å²) in [6, 6.07) is 11.6. The van der Waals surface area contributed by atoms with Gasteiger partial charge in [0.15, 0.2) is 5.84 Å². The van der Waals surface area contributed by atoms with E-state index in [2.05, 4.69) is 5.16 Å². The zero-order valence-corrected chi connectivity index (χ0v) is 12.2. The van der Waals surface area contributed by atoms with Crippen molar-refractivity contribution in [1.82, 2.24) is 0 Å². The SMILES string of the molecule is CN(Cc1ccccc1F)c1ccc(C(N)=NO)cc1Cl. The smallest absolute Gasteiger partial charge is 0.170 e. The number of anilines is 1. The molecule has 0 heterocycles. The molecular formula is C15H15ClFN3O. The average Bonchev–Trinajstić information content (AvgIpc) is 2.48. The van der Waals surface area contributed by atoms with E-state index in [0.29, 0.717) is 22.7 Å². The Morgan fingerprint density at radius 2 is 2.05 bits per heavy atom. The molecule has 0 aliphatic carbocycles. The lowest BCUT2D eigenvalue weighted by Gasteiger charge is -2.21. The Bertz CT molecular complexity index is 676. The summed E-state index contributed by atoms with van der Waals surface area (Å²) in [5, 5.41) is 12.0. The van der Waals surface area contributed by atoms with Crippen molar-refractivity contribution in [2.45, 2.75) is 6.54 Å². The molecule has 0 spiro atoms. The first-order valence-electron chi connectivity index (χ1n) is 6.25. The summed E-state index contributed by atoms with van der Waals surface area (Å²) < 4.78 is 13.7. The third-order valence-electron chi connectivity index (χ3n) is 3.13. The lowest BCUT2D eigenvalue weighted by Crippen LogP contribution is -2.18. The van der Waals surface area contributed by atoms with E-state index in [4.69, 9.17) is 22.5 Å². The van der Waals surface area contributed by atoms with Gasteiger partial charge in [-0.25, -0.2) is 4.39 Å². The highest BCUT2D eigenvalue weighted by Gasteiger charge is 2.11. The van der Waals surface area contributed by atoms with Crippen LogP contribution in [0.4, 0.5) is 10.1 Å². The Hall–Kier alpha value is -2.27. The molecule has 4 nitrogen and oxygen atoms in total. The normalized spacial score (nSPS) is 11.5. The fraction of sp³-hybridized carbons (Fsp3) is 0.133. The van der Waals surface area contributed by atoms with Gasteiger partial charge in [0.2, 0.25) is 0 Å². The molecule has 3 N–H and O–H groups in total. The molecule has 2 aromatic rings. The largest absolute Gasteiger partial charge is 0.409 e. The molecular weight excluding hydrogens is 293 g/mol. The van der Waals surface area contributed by atoms with E-state index in [1.54, 1.807) is 36.4 Å². The number of oxime groups is 1. The number of benzene rings is 2. The van der Waals surface area contributed by atoms with Gasteiger partial charge in [-0.3, -0.25) is 0 Å². The summed E-state index contributed by atoms with van der Waals surface area (Å²) in [4.78, 5) is 1.83. The van der Waals surface area contributed by atoms with Crippen LogP contribution in [0.3, 0.4) is 0 Å². The maximum Gasteiger partial charge on any atom is 0.170 e.